The number of benzene rings is 1. The Balaban J connectivity index is 2.57. The minimum absolute atomic E-state index is 0.0814. The fourth-order valence-corrected chi connectivity index (χ4v) is 2.70. The third kappa shape index (κ3) is 7.02. The van der Waals surface area contributed by atoms with Gasteiger partial charge in [0, 0.05) is 29.7 Å². The summed E-state index contributed by atoms with van der Waals surface area (Å²) in [4.78, 5) is 16.8. The molecule has 0 aliphatic carbocycles. The molecule has 4 nitrogen and oxygen atoms in total. The van der Waals surface area contributed by atoms with Crippen LogP contribution >= 0.6 is 11.6 Å². The van der Waals surface area contributed by atoms with Gasteiger partial charge in [-0.25, -0.2) is 0 Å². The summed E-state index contributed by atoms with van der Waals surface area (Å²) >= 11 is 5.96. The molecule has 1 aromatic carbocycles. The number of carbonyl (C=O) groups is 1. The van der Waals surface area contributed by atoms with Crippen molar-refractivity contribution in [3.8, 4) is 0 Å². The van der Waals surface area contributed by atoms with Crippen LogP contribution in [0.3, 0.4) is 0 Å². The molecule has 0 heterocycles. The Morgan fingerprint density at radius 1 is 1.33 bits per heavy atom. The summed E-state index contributed by atoms with van der Waals surface area (Å²) in [5, 5.41) is 6.99. The van der Waals surface area contributed by atoms with Crippen LogP contribution in [0.2, 0.25) is 5.02 Å². The van der Waals surface area contributed by atoms with E-state index in [0.29, 0.717) is 23.8 Å². The van der Waals surface area contributed by atoms with Gasteiger partial charge in [-0.1, -0.05) is 31.9 Å². The van der Waals surface area contributed by atoms with Gasteiger partial charge < -0.3 is 10.6 Å². The van der Waals surface area contributed by atoms with E-state index in [0.717, 1.165) is 29.9 Å². The lowest BCUT2D eigenvalue weighted by Gasteiger charge is -2.24. The maximum Gasteiger partial charge on any atom is 0.220 e. The van der Waals surface area contributed by atoms with Crippen LogP contribution in [-0.2, 0) is 4.79 Å². The number of nitrogens with zero attached hydrogens (tertiary/aromatic N) is 1. The summed E-state index contributed by atoms with van der Waals surface area (Å²) in [6, 6.07) is 5.81. The normalized spacial score (nSPS) is 14.3. The fraction of sp³-hybridized carbons (Fsp3) is 0.579. The minimum atomic E-state index is 0.0814. The highest BCUT2D eigenvalue weighted by atomic mass is 35.5. The zero-order valence-corrected chi connectivity index (χ0v) is 16.2. The van der Waals surface area contributed by atoms with E-state index in [4.69, 9.17) is 11.6 Å². The van der Waals surface area contributed by atoms with Crippen LogP contribution in [-0.4, -0.2) is 31.3 Å². The number of aryl methyl sites for hydroxylation is 1. The number of rotatable bonds is 9. The molecule has 5 heteroatoms. The van der Waals surface area contributed by atoms with Gasteiger partial charge in [0.05, 0.1) is 5.69 Å². The molecule has 1 aromatic rings. The predicted octanol–water partition coefficient (Wildman–Crippen LogP) is 4.27. The Morgan fingerprint density at radius 2 is 2.04 bits per heavy atom. The molecule has 24 heavy (non-hydrogen) atoms. The average molecular weight is 352 g/mol. The average Bonchev–Trinajstić information content (AvgIpc) is 2.54. The molecule has 0 bridgehead atoms. The Kier molecular flexibility index (Phi) is 9.01. The number of likely N-dealkylation sites (N-methyl/N-ethyl adjacent to an activating group) is 1. The van der Waals surface area contributed by atoms with Crippen LogP contribution in [0.5, 0.6) is 0 Å². The third-order valence-electron chi connectivity index (χ3n) is 4.29. The summed E-state index contributed by atoms with van der Waals surface area (Å²) in [6.07, 6.45) is 2.16. The molecule has 0 saturated heterocycles. The molecule has 134 valence electrons. The lowest BCUT2D eigenvalue weighted by Crippen LogP contribution is -2.45. The van der Waals surface area contributed by atoms with Gasteiger partial charge in [-0.3, -0.25) is 9.79 Å². The summed E-state index contributed by atoms with van der Waals surface area (Å²) in [6.45, 7) is 9.04. The third-order valence-corrected chi connectivity index (χ3v) is 4.52. The predicted molar refractivity (Wildman–Crippen MR) is 104 cm³/mol. The Hall–Kier alpha value is -1.39. The number of halogens is 1. The minimum Gasteiger partial charge on any atom is -0.352 e. The number of hydrogen-bond acceptors (Lipinski definition) is 3. The van der Waals surface area contributed by atoms with E-state index >= 15 is 0 Å². The SMILES string of the molecule is CCC(C)C(CNC)NC(=O)CCC(C)=Nc1ccc(Cl)cc1C. The van der Waals surface area contributed by atoms with Crippen molar-refractivity contribution in [1.82, 2.24) is 10.6 Å². The molecule has 0 aliphatic heterocycles. The maximum absolute atomic E-state index is 12.2. The molecule has 1 rings (SSSR count). The molecule has 0 saturated carbocycles. The molecular weight excluding hydrogens is 322 g/mol. The lowest BCUT2D eigenvalue weighted by atomic mass is 9.99. The molecule has 0 aromatic heterocycles. The second-order valence-electron chi connectivity index (χ2n) is 6.40. The van der Waals surface area contributed by atoms with Gasteiger partial charge in [-0.05, 0) is 57.0 Å². The van der Waals surface area contributed by atoms with Crippen LogP contribution < -0.4 is 10.6 Å². The van der Waals surface area contributed by atoms with Gasteiger partial charge in [0.25, 0.3) is 0 Å². The smallest absolute Gasteiger partial charge is 0.220 e. The number of nitrogens with one attached hydrogen (secondary N) is 2. The van der Waals surface area contributed by atoms with Crippen LogP contribution in [0.1, 0.15) is 45.6 Å². The fourth-order valence-electron chi connectivity index (χ4n) is 2.48. The van der Waals surface area contributed by atoms with E-state index in [9.17, 15) is 4.79 Å². The van der Waals surface area contributed by atoms with Crippen molar-refractivity contribution in [2.45, 2.75) is 53.0 Å². The van der Waals surface area contributed by atoms with E-state index in [1.54, 1.807) is 0 Å². The molecule has 2 unspecified atom stereocenters. The first-order valence-electron chi connectivity index (χ1n) is 8.61. The molecule has 1 amide bonds. The van der Waals surface area contributed by atoms with E-state index in [1.807, 2.05) is 39.1 Å². The first kappa shape index (κ1) is 20.7. The van der Waals surface area contributed by atoms with Crippen LogP contribution in [0, 0.1) is 12.8 Å². The largest absolute Gasteiger partial charge is 0.352 e. The lowest BCUT2D eigenvalue weighted by molar-refractivity contribution is -0.122. The number of hydrogen-bond donors (Lipinski definition) is 2. The standard InChI is InChI=1S/C19H30ClN3O/c1-6-13(2)18(12-21-5)23-19(24)10-7-15(4)22-17-9-8-16(20)11-14(17)3/h8-9,11,13,18,21H,6-7,10,12H2,1-5H3,(H,23,24). The summed E-state index contributed by atoms with van der Waals surface area (Å²) in [5.74, 6) is 0.533. The van der Waals surface area contributed by atoms with Crippen molar-refractivity contribution in [1.29, 1.82) is 0 Å². The summed E-state index contributed by atoms with van der Waals surface area (Å²) in [7, 11) is 1.91. The first-order valence-corrected chi connectivity index (χ1v) is 8.99. The topological polar surface area (TPSA) is 53.5 Å². The highest BCUT2D eigenvalue weighted by molar-refractivity contribution is 6.30. The molecule has 0 fully saturated rings. The highest BCUT2D eigenvalue weighted by Gasteiger charge is 2.17. The quantitative estimate of drug-likeness (QED) is 0.653. The summed E-state index contributed by atoms with van der Waals surface area (Å²) in [5.41, 5.74) is 2.89. The van der Waals surface area contributed by atoms with E-state index in [1.165, 1.54) is 0 Å². The van der Waals surface area contributed by atoms with Crippen molar-refractivity contribution in [3.63, 3.8) is 0 Å². The number of aliphatic imine (C=N–C) groups is 1. The van der Waals surface area contributed by atoms with Gasteiger partial charge >= 0.3 is 0 Å². The zero-order chi connectivity index (χ0) is 18.1. The molecule has 0 aliphatic rings. The molecule has 2 atom stereocenters. The van der Waals surface area contributed by atoms with E-state index < -0.39 is 0 Å². The Labute approximate surface area is 151 Å². The monoisotopic (exact) mass is 351 g/mol. The van der Waals surface area contributed by atoms with E-state index in [-0.39, 0.29) is 11.9 Å². The van der Waals surface area contributed by atoms with Crippen LogP contribution in [0.4, 0.5) is 5.69 Å². The second kappa shape index (κ2) is 10.5. The van der Waals surface area contributed by atoms with Gasteiger partial charge in [-0.2, -0.15) is 0 Å². The summed E-state index contributed by atoms with van der Waals surface area (Å²) < 4.78 is 0. The van der Waals surface area contributed by atoms with Gasteiger partial charge in [0.2, 0.25) is 5.91 Å². The van der Waals surface area contributed by atoms with Crippen LogP contribution in [0.15, 0.2) is 23.2 Å². The maximum atomic E-state index is 12.2. The highest BCUT2D eigenvalue weighted by Crippen LogP contribution is 2.22. The molecular formula is C19H30ClN3O. The van der Waals surface area contributed by atoms with Gasteiger partial charge in [-0.15, -0.1) is 0 Å². The van der Waals surface area contributed by atoms with Crippen molar-refractivity contribution >= 4 is 28.9 Å². The number of amides is 1. The Bertz CT molecular complexity index is 572. The number of carbonyl (C=O) groups excluding carboxylic acids is 1. The van der Waals surface area contributed by atoms with Gasteiger partial charge in [0.15, 0.2) is 0 Å². The Morgan fingerprint density at radius 3 is 2.62 bits per heavy atom. The molecule has 2 N–H and O–H groups in total. The van der Waals surface area contributed by atoms with Crippen molar-refractivity contribution in [3.05, 3.63) is 28.8 Å². The van der Waals surface area contributed by atoms with Crippen molar-refractivity contribution in [2.75, 3.05) is 13.6 Å². The first-order chi connectivity index (χ1) is 11.4. The van der Waals surface area contributed by atoms with Crippen LogP contribution in [0.25, 0.3) is 0 Å². The second-order valence-corrected chi connectivity index (χ2v) is 6.83. The zero-order valence-electron chi connectivity index (χ0n) is 15.4. The van der Waals surface area contributed by atoms with Crippen molar-refractivity contribution in [2.24, 2.45) is 10.9 Å². The van der Waals surface area contributed by atoms with E-state index in [2.05, 4.69) is 29.5 Å². The molecule has 0 spiro atoms. The van der Waals surface area contributed by atoms with Gasteiger partial charge in [0.1, 0.15) is 0 Å². The molecule has 0 radical (unpaired) electrons. The van der Waals surface area contributed by atoms with Crippen molar-refractivity contribution < 1.29 is 4.79 Å².